The number of carbonyl (C=O) groups is 2. The van der Waals surface area contributed by atoms with Gasteiger partial charge < -0.3 is 15.4 Å². The van der Waals surface area contributed by atoms with E-state index in [9.17, 15) is 9.59 Å². The van der Waals surface area contributed by atoms with Crippen molar-refractivity contribution in [1.29, 1.82) is 0 Å². The molecule has 1 aromatic carbocycles. The van der Waals surface area contributed by atoms with Crippen LogP contribution in [0.2, 0.25) is 0 Å². The van der Waals surface area contributed by atoms with E-state index < -0.39 is 5.54 Å². The Kier molecular flexibility index (Phi) is 7.29. The first-order valence-electron chi connectivity index (χ1n) is 8.92. The molecule has 1 fully saturated rings. The normalized spacial score (nSPS) is 16.1. The molecule has 0 atom stereocenters. The van der Waals surface area contributed by atoms with Crippen molar-refractivity contribution in [3.05, 3.63) is 28.2 Å². The number of methoxy groups -OCH3 is 1. The molecule has 1 aromatic rings. The first-order chi connectivity index (χ1) is 12.0. The summed E-state index contributed by atoms with van der Waals surface area (Å²) in [5.41, 5.74) is 0.324. The Morgan fingerprint density at radius 1 is 1.24 bits per heavy atom. The number of rotatable bonds is 7. The van der Waals surface area contributed by atoms with Crippen molar-refractivity contribution in [2.75, 3.05) is 13.7 Å². The second-order valence-electron chi connectivity index (χ2n) is 6.52. The second-order valence-corrected chi connectivity index (χ2v) is 7.37. The van der Waals surface area contributed by atoms with Crippen molar-refractivity contribution in [1.82, 2.24) is 10.6 Å². The van der Waals surface area contributed by atoms with E-state index in [0.717, 1.165) is 47.9 Å². The average molecular weight is 411 g/mol. The van der Waals surface area contributed by atoms with Crippen LogP contribution in [0, 0.1) is 0 Å². The molecule has 1 aliphatic carbocycles. The number of benzene rings is 1. The summed E-state index contributed by atoms with van der Waals surface area (Å²) < 4.78 is 6.09. The summed E-state index contributed by atoms with van der Waals surface area (Å²) in [7, 11) is 1.62. The smallest absolute Gasteiger partial charge is 0.245 e. The van der Waals surface area contributed by atoms with Crippen molar-refractivity contribution in [3.63, 3.8) is 0 Å². The van der Waals surface area contributed by atoms with E-state index in [0.29, 0.717) is 19.4 Å². The predicted molar refractivity (Wildman–Crippen MR) is 102 cm³/mol. The van der Waals surface area contributed by atoms with Crippen LogP contribution in [0.5, 0.6) is 5.75 Å². The summed E-state index contributed by atoms with van der Waals surface area (Å²) in [4.78, 5) is 25.0. The van der Waals surface area contributed by atoms with E-state index in [1.165, 1.54) is 0 Å². The Balaban J connectivity index is 1.97. The second kappa shape index (κ2) is 9.22. The molecular formula is C19H27BrN2O3. The van der Waals surface area contributed by atoms with Crippen molar-refractivity contribution in [2.45, 2.75) is 57.4 Å². The van der Waals surface area contributed by atoms with Crippen molar-refractivity contribution < 1.29 is 14.3 Å². The molecule has 6 heteroatoms. The molecule has 2 N–H and O–H groups in total. The summed E-state index contributed by atoms with van der Waals surface area (Å²) in [6, 6.07) is 5.80. The minimum atomic E-state index is -0.730. The molecular weight excluding hydrogens is 384 g/mol. The Bertz CT molecular complexity index is 613. The van der Waals surface area contributed by atoms with Gasteiger partial charge in [-0.05, 0) is 59.8 Å². The molecule has 0 aromatic heterocycles. The number of carbonyl (C=O) groups excluding carboxylic acids is 2. The Morgan fingerprint density at radius 2 is 1.96 bits per heavy atom. The summed E-state index contributed by atoms with van der Waals surface area (Å²) in [5.74, 6) is 0.654. The van der Waals surface area contributed by atoms with Gasteiger partial charge in [-0.1, -0.05) is 25.3 Å². The van der Waals surface area contributed by atoms with Gasteiger partial charge in [0, 0.05) is 13.0 Å². The molecule has 1 saturated carbocycles. The van der Waals surface area contributed by atoms with Gasteiger partial charge in [0.1, 0.15) is 11.3 Å². The monoisotopic (exact) mass is 410 g/mol. The van der Waals surface area contributed by atoms with Crippen LogP contribution in [0.3, 0.4) is 0 Å². The number of aryl methyl sites for hydroxylation is 1. The lowest BCUT2D eigenvalue weighted by atomic mass is 9.80. The predicted octanol–water partition coefficient (Wildman–Crippen LogP) is 3.35. The summed E-state index contributed by atoms with van der Waals surface area (Å²) >= 11 is 3.46. The molecule has 25 heavy (non-hydrogen) atoms. The van der Waals surface area contributed by atoms with E-state index in [1.807, 2.05) is 25.1 Å². The van der Waals surface area contributed by atoms with E-state index in [2.05, 4.69) is 26.6 Å². The van der Waals surface area contributed by atoms with Crippen LogP contribution >= 0.6 is 15.9 Å². The molecule has 0 bridgehead atoms. The van der Waals surface area contributed by atoms with Crippen LogP contribution in [0.4, 0.5) is 0 Å². The van der Waals surface area contributed by atoms with Crippen LogP contribution in [0.1, 0.15) is 51.0 Å². The molecule has 1 aliphatic rings. The van der Waals surface area contributed by atoms with E-state index in [1.54, 1.807) is 7.11 Å². The lowest BCUT2D eigenvalue weighted by molar-refractivity contribution is -0.135. The summed E-state index contributed by atoms with van der Waals surface area (Å²) in [6.45, 7) is 2.48. The first kappa shape index (κ1) is 19.8. The fourth-order valence-electron chi connectivity index (χ4n) is 3.35. The third-order valence-electron chi connectivity index (χ3n) is 4.71. The van der Waals surface area contributed by atoms with Crippen molar-refractivity contribution in [3.8, 4) is 5.75 Å². The number of amides is 2. The average Bonchev–Trinajstić information content (AvgIpc) is 2.61. The molecule has 2 rings (SSSR count). The van der Waals surface area contributed by atoms with Gasteiger partial charge in [-0.15, -0.1) is 0 Å². The standard InChI is InChI=1S/C19H27BrN2O3/c1-3-21-18(24)19(11-5-4-6-12-19)22-17(23)10-8-14-7-9-16(25-2)15(20)13-14/h7,9,13H,3-6,8,10-12H2,1-2H3,(H,21,24)(H,22,23). The van der Waals surface area contributed by atoms with Gasteiger partial charge in [0.05, 0.1) is 11.6 Å². The molecule has 0 spiro atoms. The number of likely N-dealkylation sites (N-methyl/N-ethyl adjacent to an activating group) is 1. The van der Waals surface area contributed by atoms with Gasteiger partial charge in [0.15, 0.2) is 0 Å². The van der Waals surface area contributed by atoms with E-state index in [4.69, 9.17) is 4.74 Å². The molecule has 0 radical (unpaired) electrons. The fourth-order valence-corrected chi connectivity index (χ4v) is 3.93. The zero-order chi connectivity index (χ0) is 18.3. The van der Waals surface area contributed by atoms with Crippen LogP contribution < -0.4 is 15.4 Å². The minimum absolute atomic E-state index is 0.0461. The number of hydrogen-bond acceptors (Lipinski definition) is 3. The lowest BCUT2D eigenvalue weighted by Gasteiger charge is -2.36. The molecule has 0 heterocycles. The Morgan fingerprint density at radius 3 is 2.56 bits per heavy atom. The quantitative estimate of drug-likeness (QED) is 0.723. The molecule has 0 aliphatic heterocycles. The Labute approximate surface area is 158 Å². The third kappa shape index (κ3) is 5.21. The van der Waals surface area contributed by atoms with Crippen molar-refractivity contribution in [2.24, 2.45) is 0 Å². The highest BCUT2D eigenvalue weighted by atomic mass is 79.9. The number of halogens is 1. The molecule has 0 unspecified atom stereocenters. The maximum atomic E-state index is 12.5. The molecule has 138 valence electrons. The zero-order valence-corrected chi connectivity index (χ0v) is 16.6. The number of hydrogen-bond donors (Lipinski definition) is 2. The molecule has 0 saturated heterocycles. The van der Waals surface area contributed by atoms with Gasteiger partial charge in [0.2, 0.25) is 11.8 Å². The maximum Gasteiger partial charge on any atom is 0.245 e. The summed E-state index contributed by atoms with van der Waals surface area (Å²) in [6.07, 6.45) is 5.50. The highest BCUT2D eigenvalue weighted by Crippen LogP contribution is 2.29. The van der Waals surface area contributed by atoms with Crippen LogP contribution in [0.15, 0.2) is 22.7 Å². The van der Waals surface area contributed by atoms with Gasteiger partial charge in [-0.2, -0.15) is 0 Å². The van der Waals surface area contributed by atoms with Gasteiger partial charge >= 0.3 is 0 Å². The third-order valence-corrected chi connectivity index (χ3v) is 5.33. The highest BCUT2D eigenvalue weighted by molar-refractivity contribution is 9.10. The van der Waals surface area contributed by atoms with Crippen molar-refractivity contribution >= 4 is 27.7 Å². The molecule has 5 nitrogen and oxygen atoms in total. The van der Waals surface area contributed by atoms with E-state index in [-0.39, 0.29) is 11.8 Å². The Hall–Kier alpha value is -1.56. The SMILES string of the molecule is CCNC(=O)C1(NC(=O)CCc2ccc(OC)c(Br)c2)CCCCC1. The van der Waals surface area contributed by atoms with Crippen LogP contribution in [-0.4, -0.2) is 31.0 Å². The fraction of sp³-hybridized carbons (Fsp3) is 0.579. The number of nitrogens with one attached hydrogen (secondary N) is 2. The zero-order valence-electron chi connectivity index (χ0n) is 15.0. The minimum Gasteiger partial charge on any atom is -0.496 e. The topological polar surface area (TPSA) is 67.4 Å². The number of ether oxygens (including phenoxy) is 1. The highest BCUT2D eigenvalue weighted by Gasteiger charge is 2.40. The van der Waals surface area contributed by atoms with E-state index >= 15 is 0 Å². The molecule has 2 amide bonds. The van der Waals surface area contributed by atoms with Gasteiger partial charge in [0.25, 0.3) is 0 Å². The summed E-state index contributed by atoms with van der Waals surface area (Å²) in [5, 5.41) is 5.92. The van der Waals surface area contributed by atoms with Gasteiger partial charge in [-0.25, -0.2) is 0 Å². The lowest BCUT2D eigenvalue weighted by Crippen LogP contribution is -2.59. The van der Waals surface area contributed by atoms with Crippen LogP contribution in [-0.2, 0) is 16.0 Å². The van der Waals surface area contributed by atoms with Gasteiger partial charge in [-0.3, -0.25) is 9.59 Å². The van der Waals surface area contributed by atoms with Crippen LogP contribution in [0.25, 0.3) is 0 Å². The largest absolute Gasteiger partial charge is 0.496 e. The maximum absolute atomic E-state index is 12.5. The first-order valence-corrected chi connectivity index (χ1v) is 9.72.